The van der Waals surface area contributed by atoms with E-state index in [0.29, 0.717) is 23.7 Å². The highest BCUT2D eigenvalue weighted by atomic mass is 35.5. The number of aryl methyl sites for hydroxylation is 1. The Hall–Kier alpha value is -2.70. The van der Waals surface area contributed by atoms with Gasteiger partial charge in [0, 0.05) is 23.7 Å². The molecule has 2 aromatic carbocycles. The molecule has 1 aliphatic rings. The van der Waals surface area contributed by atoms with Gasteiger partial charge >= 0.3 is 0 Å². The van der Waals surface area contributed by atoms with Gasteiger partial charge in [0.05, 0.1) is 17.0 Å². The summed E-state index contributed by atoms with van der Waals surface area (Å²) < 4.78 is 20.6. The highest BCUT2D eigenvalue weighted by molar-refractivity contribution is 6.32. The number of hydrogen-bond acceptors (Lipinski definition) is 4. The Labute approximate surface area is 172 Å². The minimum atomic E-state index is -0.848. The largest absolute Gasteiger partial charge is 0.450 e. The maximum absolute atomic E-state index is 14.7. The number of likely N-dealkylation sites (N-methyl/N-ethyl adjacent to an activating group) is 1. The van der Waals surface area contributed by atoms with Crippen molar-refractivity contribution in [3.8, 4) is 0 Å². The summed E-state index contributed by atoms with van der Waals surface area (Å²) in [5.41, 5.74) is 1.10. The summed E-state index contributed by atoms with van der Waals surface area (Å²) in [6.45, 7) is 2.68. The summed E-state index contributed by atoms with van der Waals surface area (Å²) in [5.74, 6) is -0.924. The molecular weight excluding hydrogens is 395 g/mol. The van der Waals surface area contributed by atoms with Crippen LogP contribution in [0.15, 0.2) is 45.6 Å². The fourth-order valence-electron chi connectivity index (χ4n) is 3.70. The molecule has 0 fully saturated rings. The van der Waals surface area contributed by atoms with Crippen molar-refractivity contribution in [1.29, 1.82) is 0 Å². The predicted molar refractivity (Wildman–Crippen MR) is 110 cm³/mol. The van der Waals surface area contributed by atoms with E-state index in [1.54, 1.807) is 37.3 Å². The monoisotopic (exact) mass is 414 g/mol. The fraction of sp³-hybridized carbons (Fsp3) is 0.273. The molecule has 0 spiro atoms. The number of rotatable bonds is 4. The lowest BCUT2D eigenvalue weighted by Crippen LogP contribution is -2.35. The van der Waals surface area contributed by atoms with E-state index in [4.69, 9.17) is 16.0 Å². The molecule has 29 heavy (non-hydrogen) atoms. The first kappa shape index (κ1) is 19.6. The second kappa shape index (κ2) is 7.28. The molecule has 0 bridgehead atoms. The van der Waals surface area contributed by atoms with Gasteiger partial charge in [-0.3, -0.25) is 9.59 Å². The predicted octanol–water partition coefficient (Wildman–Crippen LogP) is 4.00. The van der Waals surface area contributed by atoms with Gasteiger partial charge in [-0.25, -0.2) is 4.39 Å². The summed E-state index contributed by atoms with van der Waals surface area (Å²) in [4.78, 5) is 30.0. The molecule has 0 aliphatic carbocycles. The van der Waals surface area contributed by atoms with Crippen LogP contribution in [0.25, 0.3) is 11.0 Å². The van der Waals surface area contributed by atoms with Gasteiger partial charge in [-0.1, -0.05) is 29.8 Å². The van der Waals surface area contributed by atoms with Crippen molar-refractivity contribution in [2.45, 2.75) is 13.0 Å². The van der Waals surface area contributed by atoms with Crippen molar-refractivity contribution in [2.75, 3.05) is 27.2 Å². The third kappa shape index (κ3) is 3.22. The molecule has 0 radical (unpaired) electrons. The van der Waals surface area contributed by atoms with Crippen LogP contribution >= 0.6 is 11.6 Å². The van der Waals surface area contributed by atoms with Crippen molar-refractivity contribution in [3.63, 3.8) is 0 Å². The topological polar surface area (TPSA) is 53.8 Å². The zero-order chi connectivity index (χ0) is 20.9. The van der Waals surface area contributed by atoms with Crippen LogP contribution in [-0.4, -0.2) is 42.9 Å². The van der Waals surface area contributed by atoms with E-state index in [9.17, 15) is 14.0 Å². The molecule has 3 aromatic rings. The second-order valence-electron chi connectivity index (χ2n) is 7.50. The number of carbonyl (C=O) groups is 1. The molecule has 2 heterocycles. The van der Waals surface area contributed by atoms with Crippen molar-refractivity contribution < 1.29 is 13.6 Å². The van der Waals surface area contributed by atoms with E-state index in [-0.39, 0.29) is 27.7 Å². The van der Waals surface area contributed by atoms with Gasteiger partial charge in [0.25, 0.3) is 5.91 Å². The Kier molecular flexibility index (Phi) is 4.92. The summed E-state index contributed by atoms with van der Waals surface area (Å²) in [5, 5.41) is 0.712. The summed E-state index contributed by atoms with van der Waals surface area (Å²) in [6, 6.07) is 8.53. The van der Waals surface area contributed by atoms with Crippen LogP contribution in [0.3, 0.4) is 0 Å². The van der Waals surface area contributed by atoms with E-state index >= 15 is 0 Å². The molecule has 0 N–H and O–H groups in total. The Balaban J connectivity index is 1.99. The van der Waals surface area contributed by atoms with E-state index in [0.717, 1.165) is 5.56 Å². The number of amides is 1. The van der Waals surface area contributed by atoms with Crippen LogP contribution in [0.2, 0.25) is 5.02 Å². The lowest BCUT2D eigenvalue weighted by atomic mass is 9.98. The quantitative estimate of drug-likeness (QED) is 0.647. The molecule has 1 atom stereocenters. The number of benzene rings is 2. The Morgan fingerprint density at radius 3 is 2.62 bits per heavy atom. The number of fused-ring (bicyclic) bond motifs is 2. The number of nitrogens with zero attached hydrogens (tertiary/aromatic N) is 2. The lowest BCUT2D eigenvalue weighted by molar-refractivity contribution is 0.0714. The molecule has 5 nitrogen and oxygen atoms in total. The van der Waals surface area contributed by atoms with Gasteiger partial charge in [0.15, 0.2) is 5.43 Å². The van der Waals surface area contributed by atoms with Gasteiger partial charge in [0.1, 0.15) is 11.4 Å². The van der Waals surface area contributed by atoms with Gasteiger partial charge in [-0.2, -0.15) is 0 Å². The average molecular weight is 415 g/mol. The number of halogens is 2. The van der Waals surface area contributed by atoms with E-state index in [2.05, 4.69) is 0 Å². The van der Waals surface area contributed by atoms with Crippen LogP contribution in [0.1, 0.15) is 33.3 Å². The molecule has 0 saturated carbocycles. The van der Waals surface area contributed by atoms with E-state index in [1.165, 1.54) is 11.0 Å². The molecule has 1 amide bonds. The van der Waals surface area contributed by atoms with E-state index in [1.807, 2.05) is 19.0 Å². The van der Waals surface area contributed by atoms with Gasteiger partial charge < -0.3 is 14.2 Å². The van der Waals surface area contributed by atoms with Crippen molar-refractivity contribution >= 4 is 28.5 Å². The van der Waals surface area contributed by atoms with Gasteiger partial charge in [-0.15, -0.1) is 0 Å². The molecule has 7 heteroatoms. The molecule has 0 saturated heterocycles. The van der Waals surface area contributed by atoms with Crippen molar-refractivity contribution in [3.05, 3.63) is 79.9 Å². The number of carbonyl (C=O) groups excluding carboxylic acids is 1. The Morgan fingerprint density at radius 1 is 1.21 bits per heavy atom. The zero-order valence-electron chi connectivity index (χ0n) is 16.3. The first-order valence-electron chi connectivity index (χ1n) is 9.26. The molecular formula is C22H20ClFN2O3. The maximum Gasteiger partial charge on any atom is 0.290 e. The van der Waals surface area contributed by atoms with Crippen LogP contribution < -0.4 is 5.43 Å². The standard InChI is InChI=1S/C22H20ClFN2O3/c1-12-10-17-14(11-15(12)23)20(27)18-19(13-6-4-5-7-16(13)24)26(9-8-25(2)3)22(28)21(18)29-17/h4-7,10-11,19H,8-9H2,1-3H3/t19-/m0/s1. The van der Waals surface area contributed by atoms with Gasteiger partial charge in [-0.05, 0) is 44.8 Å². The molecule has 1 aromatic heterocycles. The second-order valence-corrected chi connectivity index (χ2v) is 7.90. The smallest absolute Gasteiger partial charge is 0.290 e. The minimum absolute atomic E-state index is 0.0313. The minimum Gasteiger partial charge on any atom is -0.450 e. The normalized spacial score (nSPS) is 16.1. The van der Waals surface area contributed by atoms with Crippen molar-refractivity contribution in [2.24, 2.45) is 0 Å². The first-order chi connectivity index (χ1) is 13.8. The van der Waals surface area contributed by atoms with Crippen LogP contribution in [0, 0.1) is 12.7 Å². The third-order valence-electron chi connectivity index (χ3n) is 5.23. The molecule has 150 valence electrons. The maximum atomic E-state index is 14.7. The van der Waals surface area contributed by atoms with Gasteiger partial charge in [0.2, 0.25) is 5.76 Å². The van der Waals surface area contributed by atoms with Crippen LogP contribution in [0.4, 0.5) is 4.39 Å². The average Bonchev–Trinajstić information content (AvgIpc) is 2.94. The molecule has 0 unspecified atom stereocenters. The molecule has 1 aliphatic heterocycles. The van der Waals surface area contributed by atoms with Crippen LogP contribution in [-0.2, 0) is 0 Å². The first-order valence-corrected chi connectivity index (χ1v) is 9.64. The highest BCUT2D eigenvalue weighted by Gasteiger charge is 2.43. The molecule has 4 rings (SSSR count). The summed E-state index contributed by atoms with van der Waals surface area (Å²) in [6.07, 6.45) is 0. The SMILES string of the molecule is Cc1cc2oc3c(c(=O)c2cc1Cl)[C@H](c1ccccc1F)N(CCN(C)C)C3=O. The zero-order valence-corrected chi connectivity index (χ0v) is 17.1. The Morgan fingerprint density at radius 2 is 1.93 bits per heavy atom. The van der Waals surface area contributed by atoms with Crippen molar-refractivity contribution in [1.82, 2.24) is 9.80 Å². The van der Waals surface area contributed by atoms with E-state index < -0.39 is 17.8 Å². The summed E-state index contributed by atoms with van der Waals surface area (Å²) in [7, 11) is 3.77. The number of hydrogen-bond donors (Lipinski definition) is 0. The lowest BCUT2D eigenvalue weighted by Gasteiger charge is -2.26. The fourth-order valence-corrected chi connectivity index (χ4v) is 3.86. The van der Waals surface area contributed by atoms with Crippen LogP contribution in [0.5, 0.6) is 0 Å². The third-order valence-corrected chi connectivity index (χ3v) is 5.64. The summed E-state index contributed by atoms with van der Waals surface area (Å²) >= 11 is 6.21. The Bertz CT molecular complexity index is 1190. The highest BCUT2D eigenvalue weighted by Crippen LogP contribution is 2.39.